The van der Waals surface area contributed by atoms with E-state index >= 15 is 0 Å². The second kappa shape index (κ2) is 10.3. The Labute approximate surface area is 235 Å². The number of Topliss-reactive ketones (excluding diaryl/α,β-unsaturated/α-hetero) is 1. The van der Waals surface area contributed by atoms with Gasteiger partial charge in [0.2, 0.25) is 11.8 Å². The molecular weight excluding hydrogens is 581 g/mol. The second-order valence-corrected chi connectivity index (χ2v) is 10.4. The Morgan fingerprint density at radius 3 is 2.77 bits per heavy atom. The minimum Gasteiger partial charge on any atom is -0.326 e. The molecule has 5 heterocycles. The summed E-state index contributed by atoms with van der Waals surface area (Å²) in [6, 6.07) is 15.3. The van der Waals surface area contributed by atoms with E-state index in [4.69, 9.17) is 0 Å². The van der Waals surface area contributed by atoms with Crippen molar-refractivity contribution in [3.63, 3.8) is 0 Å². The van der Waals surface area contributed by atoms with Crippen LogP contribution >= 0.6 is 15.9 Å². The molecule has 1 N–H and O–H groups in total. The maximum atomic E-state index is 14.5. The maximum Gasteiger partial charge on any atom is 0.248 e. The number of rotatable bonds is 6. The molecule has 1 fully saturated rings. The van der Waals surface area contributed by atoms with Crippen LogP contribution in [0.4, 0.5) is 10.2 Å². The number of benzene rings is 1. The van der Waals surface area contributed by atoms with E-state index in [9.17, 15) is 18.8 Å². The Morgan fingerprint density at radius 1 is 1.12 bits per heavy atom. The lowest BCUT2D eigenvalue weighted by Gasteiger charge is -2.23. The van der Waals surface area contributed by atoms with Crippen LogP contribution in [0.1, 0.15) is 23.8 Å². The Kier molecular flexibility index (Phi) is 6.62. The first-order valence-electron chi connectivity index (χ1n) is 12.6. The monoisotopic (exact) mass is 603 g/mol. The average molecular weight is 604 g/mol. The molecule has 5 aromatic rings. The third-order valence-electron chi connectivity index (χ3n) is 6.93. The number of nitrogens with one attached hydrogen (secondary N) is 1. The lowest BCUT2D eigenvalue weighted by molar-refractivity contribution is -0.137. The topological polar surface area (TPSA) is 114 Å². The van der Waals surface area contributed by atoms with Gasteiger partial charge in [-0.05, 0) is 64.0 Å². The van der Waals surface area contributed by atoms with Crippen LogP contribution < -0.4 is 5.32 Å². The molecule has 1 saturated heterocycles. The van der Waals surface area contributed by atoms with Gasteiger partial charge in [0.25, 0.3) is 0 Å². The number of fused-ring (bicyclic) bond motifs is 2. The van der Waals surface area contributed by atoms with Crippen LogP contribution in [0, 0.1) is 0 Å². The summed E-state index contributed by atoms with van der Waals surface area (Å²) in [5, 5.41) is 7.70. The van der Waals surface area contributed by atoms with Crippen molar-refractivity contribution < 1.29 is 18.8 Å². The Bertz CT molecular complexity index is 1800. The van der Waals surface area contributed by atoms with Crippen LogP contribution in [0.5, 0.6) is 0 Å². The van der Waals surface area contributed by atoms with E-state index in [-0.39, 0.29) is 31.0 Å². The number of hydrogen-bond donors (Lipinski definition) is 1. The predicted octanol–water partition coefficient (Wildman–Crippen LogP) is 4.29. The van der Waals surface area contributed by atoms with Crippen LogP contribution in [0.3, 0.4) is 0 Å². The molecule has 0 radical (unpaired) electrons. The number of ketones is 1. The van der Waals surface area contributed by atoms with Gasteiger partial charge in [-0.3, -0.25) is 19.1 Å². The molecule has 0 saturated carbocycles. The summed E-state index contributed by atoms with van der Waals surface area (Å²) in [5.74, 6) is -0.957. The number of nitrogens with zero attached hydrogens (tertiary/aromatic N) is 6. The highest BCUT2D eigenvalue weighted by molar-refractivity contribution is 9.10. The number of aromatic nitrogens is 5. The lowest BCUT2D eigenvalue weighted by atomic mass is 10.1. The highest BCUT2D eigenvalue weighted by Crippen LogP contribution is 2.29. The molecule has 0 spiro atoms. The zero-order valence-electron chi connectivity index (χ0n) is 21.3. The number of amides is 2. The summed E-state index contributed by atoms with van der Waals surface area (Å²) in [7, 11) is 0. The fourth-order valence-corrected chi connectivity index (χ4v) is 5.46. The van der Waals surface area contributed by atoms with E-state index in [0.29, 0.717) is 21.3 Å². The normalized spacial score (nSPS) is 17.0. The standard InChI is InChI=1S/C28H23BrFN7O3/c1-16(38)27-19-12-17(20-8-9-25-31-10-3-11-35(20)25)6-7-21(19)37(34-27)15-26(39)36-14-18(30)13-22(36)28(40)33-24-5-2-4-23(29)32-24/h2-12,18,22H,13-15H2,1H3,(H,32,33,40)/t18-,22+/m1/s1. The van der Waals surface area contributed by atoms with Gasteiger partial charge in [-0.2, -0.15) is 5.10 Å². The molecule has 2 atom stereocenters. The van der Waals surface area contributed by atoms with Crippen molar-refractivity contribution in [2.24, 2.45) is 0 Å². The molecule has 0 aliphatic carbocycles. The summed E-state index contributed by atoms with van der Waals surface area (Å²) in [6.45, 7) is 0.954. The van der Waals surface area contributed by atoms with Crippen molar-refractivity contribution in [1.82, 2.24) is 29.0 Å². The highest BCUT2D eigenvalue weighted by atomic mass is 79.9. The van der Waals surface area contributed by atoms with Gasteiger partial charge in [0, 0.05) is 31.1 Å². The molecule has 0 unspecified atom stereocenters. The fraction of sp³-hybridized carbons (Fsp3) is 0.214. The largest absolute Gasteiger partial charge is 0.326 e. The van der Waals surface area contributed by atoms with Gasteiger partial charge in [-0.15, -0.1) is 0 Å². The van der Waals surface area contributed by atoms with Gasteiger partial charge in [0.05, 0.1) is 17.8 Å². The highest BCUT2D eigenvalue weighted by Gasteiger charge is 2.40. The number of anilines is 1. The van der Waals surface area contributed by atoms with E-state index in [2.05, 4.69) is 36.3 Å². The first-order chi connectivity index (χ1) is 19.3. The summed E-state index contributed by atoms with van der Waals surface area (Å²) in [6.07, 6.45) is 2.16. The van der Waals surface area contributed by atoms with E-state index in [1.54, 1.807) is 30.5 Å². The van der Waals surface area contributed by atoms with Crippen LogP contribution in [-0.4, -0.2) is 65.4 Å². The number of alkyl halides is 1. The third kappa shape index (κ3) is 4.75. The fourth-order valence-electron chi connectivity index (χ4n) is 5.11. The van der Waals surface area contributed by atoms with Crippen molar-refractivity contribution in [2.45, 2.75) is 32.1 Å². The summed E-state index contributed by atoms with van der Waals surface area (Å²) in [5.41, 5.74) is 3.34. The molecule has 12 heteroatoms. The van der Waals surface area contributed by atoms with E-state index in [1.165, 1.54) is 16.5 Å². The minimum absolute atomic E-state index is 0.117. The van der Waals surface area contributed by atoms with Crippen LogP contribution in [0.25, 0.3) is 27.8 Å². The van der Waals surface area contributed by atoms with E-state index in [0.717, 1.165) is 16.9 Å². The van der Waals surface area contributed by atoms with Gasteiger partial charge in [0.15, 0.2) is 5.78 Å². The SMILES string of the molecule is CC(=O)c1nn(CC(=O)N2C[C@H](F)C[C@H]2C(=O)Nc2cccc(Br)n2)c2ccc(-c3ccc4ncccn34)cc12. The Balaban J connectivity index is 1.29. The number of halogens is 2. The molecule has 1 aliphatic heterocycles. The minimum atomic E-state index is -1.34. The molecular formula is C28H23BrFN7O3. The molecule has 1 aliphatic rings. The van der Waals surface area contributed by atoms with Crippen molar-refractivity contribution >= 4 is 55.9 Å². The molecule has 1 aromatic carbocycles. The number of carbonyl (C=O) groups is 3. The van der Waals surface area contributed by atoms with Gasteiger partial charge in [0.1, 0.15) is 40.5 Å². The summed E-state index contributed by atoms with van der Waals surface area (Å²) in [4.78, 5) is 48.7. The quantitative estimate of drug-likeness (QED) is 0.229. The molecule has 2 amide bonds. The van der Waals surface area contributed by atoms with Crippen LogP contribution in [-0.2, 0) is 16.1 Å². The van der Waals surface area contributed by atoms with Crippen LogP contribution in [0.2, 0.25) is 0 Å². The van der Waals surface area contributed by atoms with Crippen LogP contribution in [0.15, 0.2) is 71.6 Å². The predicted molar refractivity (Wildman–Crippen MR) is 150 cm³/mol. The number of likely N-dealkylation sites (tertiary alicyclic amines) is 1. The van der Waals surface area contributed by atoms with Crippen molar-refractivity contribution in [3.05, 3.63) is 77.3 Å². The zero-order valence-corrected chi connectivity index (χ0v) is 22.9. The third-order valence-corrected chi connectivity index (χ3v) is 7.37. The zero-order chi connectivity index (χ0) is 28.0. The smallest absolute Gasteiger partial charge is 0.248 e. The van der Waals surface area contributed by atoms with Gasteiger partial charge < -0.3 is 14.6 Å². The molecule has 40 heavy (non-hydrogen) atoms. The molecule has 202 valence electrons. The average Bonchev–Trinajstić information content (AvgIpc) is 3.63. The Hall–Kier alpha value is -4.45. The van der Waals surface area contributed by atoms with E-state index < -0.39 is 24.0 Å². The first kappa shape index (κ1) is 25.8. The van der Waals surface area contributed by atoms with Crippen molar-refractivity contribution in [1.29, 1.82) is 0 Å². The molecule has 6 rings (SSSR count). The number of pyridine rings is 1. The molecule has 4 aromatic heterocycles. The summed E-state index contributed by atoms with van der Waals surface area (Å²) < 4.78 is 18.4. The van der Waals surface area contributed by atoms with Gasteiger partial charge in [-0.25, -0.2) is 14.4 Å². The van der Waals surface area contributed by atoms with Crippen molar-refractivity contribution in [3.8, 4) is 11.3 Å². The molecule has 0 bridgehead atoms. The number of hydrogen-bond acceptors (Lipinski definition) is 6. The molecule has 10 nitrogen and oxygen atoms in total. The number of carbonyl (C=O) groups excluding carboxylic acids is 3. The summed E-state index contributed by atoms with van der Waals surface area (Å²) >= 11 is 3.25. The van der Waals surface area contributed by atoms with Gasteiger partial charge >= 0.3 is 0 Å². The van der Waals surface area contributed by atoms with Crippen molar-refractivity contribution in [2.75, 3.05) is 11.9 Å². The van der Waals surface area contributed by atoms with E-state index in [1.807, 2.05) is 40.9 Å². The second-order valence-electron chi connectivity index (χ2n) is 9.59. The maximum absolute atomic E-state index is 14.5. The van der Waals surface area contributed by atoms with Gasteiger partial charge in [-0.1, -0.05) is 12.1 Å². The first-order valence-corrected chi connectivity index (χ1v) is 13.4. The Morgan fingerprint density at radius 2 is 1.98 bits per heavy atom. The lowest BCUT2D eigenvalue weighted by Crippen LogP contribution is -2.44.